The maximum absolute atomic E-state index is 12.2. The van der Waals surface area contributed by atoms with E-state index in [4.69, 9.17) is 14.6 Å². The average molecular weight is 256 g/mol. The maximum Gasteiger partial charge on any atom is 0.302 e. The van der Waals surface area contributed by atoms with Gasteiger partial charge in [-0.15, -0.1) is 3.89 Å². The molecule has 0 aliphatic carbocycles. The van der Waals surface area contributed by atoms with Crippen molar-refractivity contribution in [1.82, 2.24) is 0 Å². The number of unbranched alkanes of at least 4 members (excludes halogenated alkanes) is 1. The van der Waals surface area contributed by atoms with Crippen LogP contribution in [-0.4, -0.2) is 44.4 Å². The Morgan fingerprint density at radius 1 is 1.50 bits per heavy atom. The second kappa shape index (κ2) is 5.39. The van der Waals surface area contributed by atoms with E-state index in [2.05, 4.69) is 0 Å². The summed E-state index contributed by atoms with van der Waals surface area (Å²) in [5, 5.41) is 8.94. The molecule has 2 unspecified atom stereocenters. The molecule has 0 amide bonds. The number of hydrogen-bond donors (Lipinski definition) is 1. The topological polar surface area (TPSA) is 72.8 Å². The summed E-state index contributed by atoms with van der Waals surface area (Å²) < 4.78 is 43.2. The van der Waals surface area contributed by atoms with Crippen LogP contribution >= 0.6 is 0 Å². The first-order chi connectivity index (χ1) is 7.35. The molecule has 0 aromatic rings. The normalized spacial score (nSPS) is 30.8. The third-order valence-electron chi connectivity index (χ3n) is 2.44. The first-order valence-corrected chi connectivity index (χ1v) is 6.75. The molecule has 0 aromatic carbocycles. The van der Waals surface area contributed by atoms with Gasteiger partial charge in [0, 0.05) is 0 Å². The number of hydrogen-bond acceptors (Lipinski definition) is 5. The molecule has 1 aliphatic rings. The second-order valence-electron chi connectivity index (χ2n) is 4.08. The van der Waals surface area contributed by atoms with Crippen molar-refractivity contribution in [1.29, 1.82) is 0 Å². The predicted octanol–water partition coefficient (Wildman–Crippen LogP) is 0.580. The summed E-state index contributed by atoms with van der Waals surface area (Å²) in [6, 6.07) is 0. The molecule has 1 N–H and O–H groups in total. The van der Waals surface area contributed by atoms with Gasteiger partial charge in [0.2, 0.25) is 0 Å². The molecule has 1 fully saturated rings. The lowest BCUT2D eigenvalue weighted by Gasteiger charge is -2.19. The van der Waals surface area contributed by atoms with E-state index in [-0.39, 0.29) is 19.1 Å². The first kappa shape index (κ1) is 13.8. The van der Waals surface area contributed by atoms with E-state index >= 15 is 0 Å². The van der Waals surface area contributed by atoms with E-state index in [1.54, 1.807) is 6.92 Å². The van der Waals surface area contributed by atoms with Gasteiger partial charge in [0.15, 0.2) is 5.79 Å². The molecule has 2 atom stereocenters. The summed E-state index contributed by atoms with van der Waals surface area (Å²) in [4.78, 5) is 0. The van der Waals surface area contributed by atoms with E-state index in [1.807, 2.05) is 0 Å². The summed E-state index contributed by atoms with van der Waals surface area (Å²) in [6.45, 7) is 1.79. The van der Waals surface area contributed by atoms with Crippen LogP contribution in [0.4, 0.5) is 3.89 Å². The maximum atomic E-state index is 12.2. The van der Waals surface area contributed by atoms with Crippen LogP contribution in [0, 0.1) is 0 Å². The molecule has 0 aromatic heterocycles. The highest BCUT2D eigenvalue weighted by Crippen LogP contribution is 2.25. The van der Waals surface area contributed by atoms with E-state index in [9.17, 15) is 12.3 Å². The zero-order chi connectivity index (χ0) is 12.2. The molecule has 1 aliphatic heterocycles. The number of rotatable bonds is 6. The zero-order valence-corrected chi connectivity index (χ0v) is 10.0. The van der Waals surface area contributed by atoms with E-state index in [1.165, 1.54) is 0 Å². The quantitative estimate of drug-likeness (QED) is 0.556. The molecule has 7 heteroatoms. The van der Waals surface area contributed by atoms with Gasteiger partial charge in [-0.25, -0.2) is 0 Å². The molecule has 1 rings (SSSR count). The van der Waals surface area contributed by atoms with E-state index in [0.29, 0.717) is 19.4 Å². The molecule has 0 bridgehead atoms. The average Bonchev–Trinajstić information content (AvgIpc) is 2.55. The largest absolute Gasteiger partial charge is 0.391 e. The van der Waals surface area contributed by atoms with Crippen LogP contribution in [0.1, 0.15) is 26.2 Å². The Morgan fingerprint density at radius 2 is 2.19 bits per heavy atom. The number of ether oxygens (including phenoxy) is 2. The van der Waals surface area contributed by atoms with Crippen molar-refractivity contribution in [3.8, 4) is 0 Å². The third kappa shape index (κ3) is 4.73. The SMILES string of the molecule is CC1(CO)OCC(CCCCS(=O)(=O)F)O1. The first-order valence-electron chi connectivity index (χ1n) is 5.20. The summed E-state index contributed by atoms with van der Waals surface area (Å²) in [6.07, 6.45) is 1.28. The third-order valence-corrected chi connectivity index (χ3v) is 3.22. The molecule has 0 radical (unpaired) electrons. The summed E-state index contributed by atoms with van der Waals surface area (Å²) >= 11 is 0. The van der Waals surface area contributed by atoms with Gasteiger partial charge >= 0.3 is 10.2 Å². The van der Waals surface area contributed by atoms with Gasteiger partial charge < -0.3 is 14.6 Å². The summed E-state index contributed by atoms with van der Waals surface area (Å²) in [7, 11) is -4.36. The lowest BCUT2D eigenvalue weighted by molar-refractivity contribution is -0.178. The van der Waals surface area contributed by atoms with E-state index < -0.39 is 21.8 Å². The fourth-order valence-corrected chi connectivity index (χ4v) is 2.11. The Kier molecular flexibility index (Phi) is 4.66. The van der Waals surface area contributed by atoms with Crippen molar-refractivity contribution in [3.05, 3.63) is 0 Å². The molecule has 5 nitrogen and oxygen atoms in total. The Bertz CT molecular complexity index is 318. The predicted molar refractivity (Wildman–Crippen MR) is 55.1 cm³/mol. The summed E-state index contributed by atoms with van der Waals surface area (Å²) in [5.74, 6) is -1.39. The van der Waals surface area contributed by atoms with Gasteiger partial charge in [-0.2, -0.15) is 8.42 Å². The second-order valence-corrected chi connectivity index (χ2v) is 5.57. The van der Waals surface area contributed by atoms with Gasteiger partial charge in [-0.05, 0) is 26.2 Å². The van der Waals surface area contributed by atoms with Crippen LogP contribution in [0.2, 0.25) is 0 Å². The van der Waals surface area contributed by atoms with Crippen LogP contribution in [0.5, 0.6) is 0 Å². The Labute approximate surface area is 94.8 Å². The molecule has 1 saturated heterocycles. The standard InChI is InChI=1S/C9H17FO5S/c1-9(7-11)14-6-8(15-9)4-2-3-5-16(10,12)13/h8,11H,2-7H2,1H3. The molecule has 1 heterocycles. The molecule has 16 heavy (non-hydrogen) atoms. The minimum absolute atomic E-state index is 0.153. The van der Waals surface area contributed by atoms with Crippen molar-refractivity contribution in [3.63, 3.8) is 0 Å². The molecule has 96 valence electrons. The van der Waals surface area contributed by atoms with Crippen molar-refractivity contribution < 1.29 is 26.9 Å². The molecule has 0 saturated carbocycles. The van der Waals surface area contributed by atoms with Crippen molar-refractivity contribution in [2.24, 2.45) is 0 Å². The highest BCUT2D eigenvalue weighted by molar-refractivity contribution is 7.86. The minimum Gasteiger partial charge on any atom is -0.391 e. The van der Waals surface area contributed by atoms with Crippen LogP contribution in [0.3, 0.4) is 0 Å². The Balaban J connectivity index is 2.16. The van der Waals surface area contributed by atoms with Crippen LogP contribution in [-0.2, 0) is 19.7 Å². The van der Waals surface area contributed by atoms with Crippen LogP contribution in [0.15, 0.2) is 0 Å². The van der Waals surface area contributed by atoms with Gasteiger partial charge in [0.1, 0.15) is 0 Å². The smallest absolute Gasteiger partial charge is 0.302 e. The number of aliphatic hydroxyl groups is 1. The van der Waals surface area contributed by atoms with Gasteiger partial charge in [-0.1, -0.05) is 0 Å². The minimum atomic E-state index is -4.36. The van der Waals surface area contributed by atoms with E-state index in [0.717, 1.165) is 0 Å². The fourth-order valence-electron chi connectivity index (χ4n) is 1.56. The van der Waals surface area contributed by atoms with Crippen molar-refractivity contribution in [2.45, 2.75) is 38.1 Å². The fraction of sp³-hybridized carbons (Fsp3) is 1.00. The van der Waals surface area contributed by atoms with Gasteiger partial charge in [0.25, 0.3) is 0 Å². The highest BCUT2D eigenvalue weighted by Gasteiger charge is 2.36. The van der Waals surface area contributed by atoms with Gasteiger partial charge in [-0.3, -0.25) is 0 Å². The lowest BCUT2D eigenvalue weighted by atomic mass is 10.2. The monoisotopic (exact) mass is 256 g/mol. The molecule has 0 spiro atoms. The lowest BCUT2D eigenvalue weighted by Crippen LogP contribution is -2.31. The van der Waals surface area contributed by atoms with Crippen LogP contribution < -0.4 is 0 Å². The highest BCUT2D eigenvalue weighted by atomic mass is 32.3. The number of aliphatic hydroxyl groups excluding tert-OH is 1. The molecular formula is C9H17FO5S. The Hall–Kier alpha value is -0.240. The van der Waals surface area contributed by atoms with Gasteiger partial charge in [0.05, 0.1) is 25.1 Å². The zero-order valence-electron chi connectivity index (χ0n) is 9.19. The molecular weight excluding hydrogens is 239 g/mol. The Morgan fingerprint density at radius 3 is 2.69 bits per heavy atom. The van der Waals surface area contributed by atoms with Crippen molar-refractivity contribution in [2.75, 3.05) is 19.0 Å². The number of halogens is 1. The van der Waals surface area contributed by atoms with Crippen LogP contribution in [0.25, 0.3) is 0 Å². The van der Waals surface area contributed by atoms with Crippen molar-refractivity contribution >= 4 is 10.2 Å². The summed E-state index contributed by atoms with van der Waals surface area (Å²) in [5.41, 5.74) is 0.